The zero-order valence-electron chi connectivity index (χ0n) is 16.2. The van der Waals surface area contributed by atoms with Crippen molar-refractivity contribution < 1.29 is 14.0 Å². The molecule has 2 aromatic heterocycles. The summed E-state index contributed by atoms with van der Waals surface area (Å²) in [5, 5.41) is 6.88. The number of aromatic amines is 1. The van der Waals surface area contributed by atoms with Gasteiger partial charge in [0.25, 0.3) is 5.91 Å². The molecular formula is C20H21FN6O3. The van der Waals surface area contributed by atoms with E-state index < -0.39 is 17.3 Å². The fraction of sp³-hybridized carbons (Fsp3) is 0.350. The second-order valence-electron chi connectivity index (χ2n) is 7.25. The lowest BCUT2D eigenvalue weighted by atomic mass is 10.1. The molecule has 30 heavy (non-hydrogen) atoms. The van der Waals surface area contributed by atoms with Gasteiger partial charge in [-0.05, 0) is 31.0 Å². The van der Waals surface area contributed by atoms with Gasteiger partial charge in [-0.3, -0.25) is 19.7 Å². The zero-order chi connectivity index (χ0) is 21.1. The van der Waals surface area contributed by atoms with Gasteiger partial charge in [0.15, 0.2) is 0 Å². The minimum absolute atomic E-state index is 0.00485. The molecule has 0 bridgehead atoms. The van der Waals surface area contributed by atoms with Crippen LogP contribution in [0.3, 0.4) is 0 Å². The first-order valence-corrected chi connectivity index (χ1v) is 9.81. The third-order valence-electron chi connectivity index (χ3n) is 5.07. The second-order valence-corrected chi connectivity index (χ2v) is 7.25. The van der Waals surface area contributed by atoms with Gasteiger partial charge in [0.05, 0.1) is 5.56 Å². The number of fused-ring (bicyclic) bond motifs is 1. The number of hydrogen-bond acceptors (Lipinski definition) is 5. The third-order valence-corrected chi connectivity index (χ3v) is 5.07. The van der Waals surface area contributed by atoms with E-state index in [1.807, 2.05) is 4.90 Å². The summed E-state index contributed by atoms with van der Waals surface area (Å²) in [6.45, 7) is 1.51. The molecule has 3 aromatic rings. The van der Waals surface area contributed by atoms with Gasteiger partial charge < -0.3 is 9.88 Å². The second kappa shape index (κ2) is 8.44. The van der Waals surface area contributed by atoms with E-state index in [9.17, 15) is 18.8 Å². The molecule has 0 unspecified atom stereocenters. The van der Waals surface area contributed by atoms with Crippen LogP contribution in [0.1, 0.15) is 36.0 Å². The number of nitrogens with zero attached hydrogens (tertiary/aromatic N) is 4. The minimum atomic E-state index is -0.645. The summed E-state index contributed by atoms with van der Waals surface area (Å²) in [7, 11) is 0. The fourth-order valence-electron chi connectivity index (χ4n) is 3.57. The fourth-order valence-corrected chi connectivity index (χ4v) is 3.57. The van der Waals surface area contributed by atoms with Crippen LogP contribution in [0.4, 0.5) is 10.3 Å². The van der Waals surface area contributed by atoms with E-state index >= 15 is 0 Å². The number of hydrogen-bond donors (Lipinski definition) is 2. The van der Waals surface area contributed by atoms with Gasteiger partial charge in [0.2, 0.25) is 17.4 Å². The Balaban J connectivity index is 1.48. The first-order chi connectivity index (χ1) is 14.5. The van der Waals surface area contributed by atoms with Gasteiger partial charge in [-0.25, -0.2) is 14.1 Å². The number of H-pyrrole nitrogens is 1. The SMILES string of the molecule is O=C(Nc1ncn(CC(=O)N2CCCCCC2)n1)c1cc(=O)[nH]c2ccc(F)cc12. The third kappa shape index (κ3) is 4.37. The van der Waals surface area contributed by atoms with Crippen LogP contribution in [0.25, 0.3) is 10.9 Å². The predicted molar refractivity (Wildman–Crippen MR) is 108 cm³/mol. The van der Waals surface area contributed by atoms with E-state index in [1.54, 1.807) is 0 Å². The Bertz CT molecular complexity index is 1150. The average molecular weight is 412 g/mol. The molecule has 1 fully saturated rings. The minimum Gasteiger partial charge on any atom is -0.341 e. The number of amides is 2. The van der Waals surface area contributed by atoms with Crippen LogP contribution in [0, 0.1) is 5.82 Å². The van der Waals surface area contributed by atoms with E-state index in [4.69, 9.17) is 0 Å². The van der Waals surface area contributed by atoms with E-state index in [0.717, 1.165) is 44.8 Å². The molecule has 9 nitrogen and oxygen atoms in total. The van der Waals surface area contributed by atoms with Crippen LogP contribution in [0.2, 0.25) is 0 Å². The molecule has 2 amide bonds. The van der Waals surface area contributed by atoms with E-state index in [1.165, 1.54) is 29.2 Å². The summed E-state index contributed by atoms with van der Waals surface area (Å²) in [4.78, 5) is 45.4. The number of likely N-dealkylation sites (tertiary alicyclic amines) is 1. The van der Waals surface area contributed by atoms with Crippen molar-refractivity contribution in [2.45, 2.75) is 32.2 Å². The molecule has 0 atom stereocenters. The molecule has 2 N–H and O–H groups in total. The Morgan fingerprint density at radius 2 is 1.90 bits per heavy atom. The molecule has 0 aliphatic carbocycles. The molecule has 4 rings (SSSR count). The van der Waals surface area contributed by atoms with Crippen LogP contribution < -0.4 is 10.9 Å². The van der Waals surface area contributed by atoms with Gasteiger partial charge in [0, 0.05) is 30.1 Å². The van der Waals surface area contributed by atoms with Gasteiger partial charge in [-0.1, -0.05) is 12.8 Å². The lowest BCUT2D eigenvalue weighted by molar-refractivity contribution is -0.132. The summed E-state index contributed by atoms with van der Waals surface area (Å²) in [6.07, 6.45) is 5.61. The van der Waals surface area contributed by atoms with Crippen molar-refractivity contribution in [2.75, 3.05) is 18.4 Å². The number of anilines is 1. The maximum atomic E-state index is 13.6. The predicted octanol–water partition coefficient (Wildman–Crippen LogP) is 1.91. The first-order valence-electron chi connectivity index (χ1n) is 9.81. The monoisotopic (exact) mass is 412 g/mol. The average Bonchev–Trinajstić information content (AvgIpc) is 2.97. The number of rotatable bonds is 4. The molecule has 156 valence electrons. The van der Waals surface area contributed by atoms with E-state index in [-0.39, 0.29) is 29.3 Å². The van der Waals surface area contributed by atoms with Gasteiger partial charge in [0.1, 0.15) is 18.7 Å². The number of pyridine rings is 1. The van der Waals surface area contributed by atoms with Crippen molar-refractivity contribution in [1.29, 1.82) is 0 Å². The first kappa shape index (κ1) is 19.7. The Morgan fingerprint density at radius 3 is 2.67 bits per heavy atom. The molecule has 10 heteroatoms. The van der Waals surface area contributed by atoms with Crippen molar-refractivity contribution in [3.05, 3.63) is 52.3 Å². The molecular weight excluding hydrogens is 391 g/mol. The largest absolute Gasteiger partial charge is 0.341 e. The molecule has 0 spiro atoms. The maximum Gasteiger partial charge on any atom is 0.258 e. The molecule has 0 saturated carbocycles. The van der Waals surface area contributed by atoms with Crippen molar-refractivity contribution >= 4 is 28.7 Å². The van der Waals surface area contributed by atoms with Gasteiger partial charge in [-0.2, -0.15) is 0 Å². The normalized spacial score (nSPS) is 14.5. The highest BCUT2D eigenvalue weighted by atomic mass is 19.1. The highest BCUT2D eigenvalue weighted by Gasteiger charge is 2.18. The smallest absolute Gasteiger partial charge is 0.258 e. The van der Waals surface area contributed by atoms with Crippen molar-refractivity contribution in [3.8, 4) is 0 Å². The number of aromatic nitrogens is 4. The number of carbonyl (C=O) groups is 2. The quantitative estimate of drug-likeness (QED) is 0.680. The molecule has 1 aliphatic rings. The standard InChI is InChI=1S/C20H21FN6O3/c21-13-5-6-16-14(9-13)15(10-17(28)23-16)19(30)24-20-22-12-27(25-20)11-18(29)26-7-3-1-2-4-8-26/h5-6,9-10,12H,1-4,7-8,11H2,(H,23,28)(H,24,25,30). The zero-order valence-corrected chi connectivity index (χ0v) is 16.2. The summed E-state index contributed by atoms with van der Waals surface area (Å²) < 4.78 is 15.0. The Kier molecular flexibility index (Phi) is 5.55. The maximum absolute atomic E-state index is 13.6. The topological polar surface area (TPSA) is 113 Å². The van der Waals surface area contributed by atoms with Crippen LogP contribution in [0.5, 0.6) is 0 Å². The summed E-state index contributed by atoms with van der Waals surface area (Å²) in [5.74, 6) is -1.23. The summed E-state index contributed by atoms with van der Waals surface area (Å²) in [6, 6.07) is 4.86. The Morgan fingerprint density at radius 1 is 1.13 bits per heavy atom. The van der Waals surface area contributed by atoms with E-state index in [0.29, 0.717) is 5.52 Å². The molecule has 1 aromatic carbocycles. The van der Waals surface area contributed by atoms with E-state index in [2.05, 4.69) is 20.4 Å². The van der Waals surface area contributed by atoms with Gasteiger partial charge >= 0.3 is 0 Å². The lowest BCUT2D eigenvalue weighted by Crippen LogP contribution is -2.34. The van der Waals surface area contributed by atoms with Crippen LogP contribution in [-0.4, -0.2) is 49.6 Å². The number of benzene rings is 1. The van der Waals surface area contributed by atoms with Crippen LogP contribution >= 0.6 is 0 Å². The van der Waals surface area contributed by atoms with Crippen molar-refractivity contribution in [2.24, 2.45) is 0 Å². The molecule has 1 aliphatic heterocycles. The van der Waals surface area contributed by atoms with Crippen molar-refractivity contribution in [1.82, 2.24) is 24.6 Å². The highest BCUT2D eigenvalue weighted by Crippen LogP contribution is 2.17. The molecule has 3 heterocycles. The van der Waals surface area contributed by atoms with Gasteiger partial charge in [-0.15, -0.1) is 5.10 Å². The van der Waals surface area contributed by atoms with Crippen LogP contribution in [0.15, 0.2) is 35.4 Å². The Labute approximate surface area is 170 Å². The lowest BCUT2D eigenvalue weighted by Gasteiger charge is -2.19. The summed E-state index contributed by atoms with van der Waals surface area (Å²) in [5.41, 5.74) is -0.137. The Hall–Kier alpha value is -3.56. The number of carbonyl (C=O) groups excluding carboxylic acids is 2. The molecule has 0 radical (unpaired) electrons. The summed E-state index contributed by atoms with van der Waals surface area (Å²) >= 11 is 0. The highest BCUT2D eigenvalue weighted by molar-refractivity contribution is 6.11. The molecule has 1 saturated heterocycles. The van der Waals surface area contributed by atoms with Crippen molar-refractivity contribution in [3.63, 3.8) is 0 Å². The van der Waals surface area contributed by atoms with Crippen LogP contribution in [-0.2, 0) is 11.3 Å². The number of nitrogens with one attached hydrogen (secondary N) is 2. The number of halogens is 1.